The van der Waals surface area contributed by atoms with Crippen molar-refractivity contribution in [2.24, 2.45) is 18.9 Å². The Kier molecular flexibility index (Phi) is 6.00. The largest absolute Gasteiger partial charge is 0.481 e. The number of aromatic nitrogens is 4. The predicted octanol–water partition coefficient (Wildman–Crippen LogP) is 2.03. The van der Waals surface area contributed by atoms with Gasteiger partial charge in [0.25, 0.3) is 5.91 Å². The number of aliphatic carboxylic acids is 1. The minimum absolute atomic E-state index is 0.215. The average Bonchev–Trinajstić information content (AvgIpc) is 3.25. The summed E-state index contributed by atoms with van der Waals surface area (Å²) >= 11 is 0. The fourth-order valence-electron chi connectivity index (χ4n) is 3.72. The van der Waals surface area contributed by atoms with Gasteiger partial charge in [-0.1, -0.05) is 12.8 Å². The van der Waals surface area contributed by atoms with Crippen LogP contribution < -0.4 is 10.6 Å². The molecule has 2 aromatic rings. The van der Waals surface area contributed by atoms with Crippen molar-refractivity contribution in [3.05, 3.63) is 23.8 Å². The Morgan fingerprint density at radius 2 is 1.76 bits per heavy atom. The third-order valence-electron chi connectivity index (χ3n) is 5.52. The van der Waals surface area contributed by atoms with E-state index in [0.717, 1.165) is 18.5 Å². The minimum Gasteiger partial charge on any atom is -0.481 e. The van der Waals surface area contributed by atoms with Gasteiger partial charge in [0.2, 0.25) is 5.91 Å². The van der Waals surface area contributed by atoms with E-state index in [1.54, 1.807) is 17.9 Å². The molecule has 2 heterocycles. The smallest absolute Gasteiger partial charge is 0.307 e. The molecule has 0 aliphatic heterocycles. The van der Waals surface area contributed by atoms with Crippen LogP contribution in [0.25, 0.3) is 0 Å². The number of aryl methyl sites for hydroxylation is 2. The molecule has 10 heteroatoms. The Bertz CT molecular complexity index is 931. The van der Waals surface area contributed by atoms with Gasteiger partial charge in [-0.25, -0.2) is 0 Å². The number of rotatable bonds is 6. The van der Waals surface area contributed by atoms with Gasteiger partial charge in [-0.3, -0.25) is 23.7 Å². The molecule has 2 aromatic heterocycles. The summed E-state index contributed by atoms with van der Waals surface area (Å²) in [4.78, 5) is 37.2. The van der Waals surface area contributed by atoms with Crippen LogP contribution in [0.5, 0.6) is 0 Å². The summed E-state index contributed by atoms with van der Waals surface area (Å²) in [7, 11) is 1.77. The molecule has 10 nitrogen and oxygen atoms in total. The number of nitrogens with zero attached hydrogens (tertiary/aromatic N) is 4. The number of carboxylic acids is 1. The highest BCUT2D eigenvalue weighted by Gasteiger charge is 2.36. The van der Waals surface area contributed by atoms with E-state index in [1.807, 2.05) is 13.8 Å². The Morgan fingerprint density at radius 1 is 1.10 bits per heavy atom. The summed E-state index contributed by atoms with van der Waals surface area (Å²) in [5.41, 5.74) is 1.84. The van der Waals surface area contributed by atoms with Crippen molar-refractivity contribution < 1.29 is 19.5 Å². The molecular formula is C19H26N6O4. The van der Waals surface area contributed by atoms with Crippen LogP contribution in [-0.2, 0) is 23.2 Å². The summed E-state index contributed by atoms with van der Waals surface area (Å²) in [6.07, 6.45) is 5.58. The van der Waals surface area contributed by atoms with Gasteiger partial charge in [0, 0.05) is 13.6 Å². The number of amides is 2. The van der Waals surface area contributed by atoms with E-state index in [4.69, 9.17) is 0 Å². The molecule has 1 saturated carbocycles. The molecule has 1 aliphatic carbocycles. The third kappa shape index (κ3) is 4.15. The van der Waals surface area contributed by atoms with Crippen molar-refractivity contribution in [3.8, 4) is 0 Å². The molecule has 1 fully saturated rings. The Morgan fingerprint density at radius 3 is 2.34 bits per heavy atom. The van der Waals surface area contributed by atoms with Crippen LogP contribution in [0.2, 0.25) is 0 Å². The first-order chi connectivity index (χ1) is 13.8. The highest BCUT2D eigenvalue weighted by Crippen LogP contribution is 2.31. The third-order valence-corrected chi connectivity index (χ3v) is 5.52. The van der Waals surface area contributed by atoms with Crippen molar-refractivity contribution >= 4 is 29.2 Å². The van der Waals surface area contributed by atoms with E-state index < -0.39 is 23.7 Å². The minimum atomic E-state index is -0.959. The van der Waals surface area contributed by atoms with Gasteiger partial charge in [-0.05, 0) is 26.7 Å². The molecule has 2 amide bonds. The van der Waals surface area contributed by atoms with E-state index in [9.17, 15) is 19.5 Å². The highest BCUT2D eigenvalue weighted by atomic mass is 16.4. The molecule has 0 spiro atoms. The summed E-state index contributed by atoms with van der Waals surface area (Å²) in [5.74, 6) is -3.10. The molecule has 29 heavy (non-hydrogen) atoms. The van der Waals surface area contributed by atoms with Gasteiger partial charge in [0.05, 0.1) is 41.3 Å². The van der Waals surface area contributed by atoms with Crippen molar-refractivity contribution in [2.75, 3.05) is 10.6 Å². The molecular weight excluding hydrogens is 376 g/mol. The maximum atomic E-state index is 12.9. The van der Waals surface area contributed by atoms with Crippen LogP contribution in [0, 0.1) is 18.8 Å². The van der Waals surface area contributed by atoms with Crippen LogP contribution in [0.4, 0.5) is 11.4 Å². The fourth-order valence-corrected chi connectivity index (χ4v) is 3.72. The van der Waals surface area contributed by atoms with Crippen molar-refractivity contribution in [1.29, 1.82) is 0 Å². The van der Waals surface area contributed by atoms with Crippen molar-refractivity contribution in [3.63, 3.8) is 0 Å². The van der Waals surface area contributed by atoms with Crippen LogP contribution in [0.1, 0.15) is 48.8 Å². The Labute approximate surface area is 168 Å². The van der Waals surface area contributed by atoms with E-state index in [0.29, 0.717) is 25.1 Å². The number of nitrogens with one attached hydrogen (secondary N) is 2. The highest BCUT2D eigenvalue weighted by molar-refractivity contribution is 6.09. The van der Waals surface area contributed by atoms with Crippen molar-refractivity contribution in [1.82, 2.24) is 19.6 Å². The van der Waals surface area contributed by atoms with E-state index >= 15 is 0 Å². The lowest BCUT2D eigenvalue weighted by molar-refractivity contribution is -0.147. The Hall–Kier alpha value is -3.17. The molecule has 0 saturated heterocycles. The number of anilines is 2. The van der Waals surface area contributed by atoms with E-state index in [-0.39, 0.29) is 17.3 Å². The van der Waals surface area contributed by atoms with Gasteiger partial charge in [0.15, 0.2) is 0 Å². The average molecular weight is 402 g/mol. The summed E-state index contributed by atoms with van der Waals surface area (Å²) in [6.45, 7) is 4.11. The second kappa shape index (κ2) is 8.46. The molecule has 1 aliphatic rings. The number of carbonyl (C=O) groups excluding carboxylic acids is 2. The fraction of sp³-hybridized carbons (Fsp3) is 0.526. The van der Waals surface area contributed by atoms with Crippen LogP contribution in [0.15, 0.2) is 12.4 Å². The first-order valence-corrected chi connectivity index (χ1v) is 9.72. The topological polar surface area (TPSA) is 131 Å². The molecule has 3 N–H and O–H groups in total. The number of carboxylic acid groups (broad SMARTS) is 1. The number of hydrogen-bond donors (Lipinski definition) is 3. The molecule has 156 valence electrons. The SMILES string of the molecule is CCn1ncc(NC(=O)[C@H]2CCCC[C@@H]2C(=O)O)c1C(=O)Nc1cnn(C)c1C. The molecule has 3 rings (SSSR count). The molecule has 2 atom stereocenters. The number of carbonyl (C=O) groups is 3. The molecule has 0 radical (unpaired) electrons. The van der Waals surface area contributed by atoms with Gasteiger partial charge in [-0.15, -0.1) is 0 Å². The van der Waals surface area contributed by atoms with E-state index in [1.165, 1.54) is 10.9 Å². The lowest BCUT2D eigenvalue weighted by atomic mass is 9.78. The zero-order valence-electron chi connectivity index (χ0n) is 16.8. The zero-order chi connectivity index (χ0) is 21.1. The second-order valence-corrected chi connectivity index (χ2v) is 7.27. The first-order valence-electron chi connectivity index (χ1n) is 9.72. The standard InChI is InChI=1S/C19H26N6O4/c1-4-25-16(18(27)22-14-9-20-24(3)11(14)2)15(10-21-25)23-17(26)12-7-5-6-8-13(12)19(28)29/h9-10,12-13H,4-8H2,1-3H3,(H,22,27)(H,23,26)(H,28,29)/t12-,13-/m0/s1. The van der Waals surface area contributed by atoms with Crippen LogP contribution >= 0.6 is 0 Å². The van der Waals surface area contributed by atoms with Gasteiger partial charge in [-0.2, -0.15) is 10.2 Å². The summed E-state index contributed by atoms with van der Waals surface area (Å²) in [6, 6.07) is 0. The van der Waals surface area contributed by atoms with Gasteiger partial charge < -0.3 is 15.7 Å². The predicted molar refractivity (Wildman–Crippen MR) is 106 cm³/mol. The van der Waals surface area contributed by atoms with Crippen LogP contribution in [-0.4, -0.2) is 42.5 Å². The Balaban J connectivity index is 1.82. The normalized spacial score (nSPS) is 19.0. The molecule has 0 unspecified atom stereocenters. The monoisotopic (exact) mass is 402 g/mol. The summed E-state index contributed by atoms with van der Waals surface area (Å²) in [5, 5.41) is 23.3. The molecule has 0 bridgehead atoms. The zero-order valence-corrected chi connectivity index (χ0v) is 16.8. The quantitative estimate of drug-likeness (QED) is 0.677. The maximum absolute atomic E-state index is 12.9. The maximum Gasteiger partial charge on any atom is 0.307 e. The van der Waals surface area contributed by atoms with Gasteiger partial charge in [0.1, 0.15) is 5.69 Å². The van der Waals surface area contributed by atoms with Crippen molar-refractivity contribution in [2.45, 2.75) is 46.1 Å². The lowest BCUT2D eigenvalue weighted by Gasteiger charge is -2.27. The second-order valence-electron chi connectivity index (χ2n) is 7.27. The van der Waals surface area contributed by atoms with Gasteiger partial charge >= 0.3 is 5.97 Å². The summed E-state index contributed by atoms with van der Waals surface area (Å²) < 4.78 is 3.14. The molecule has 0 aromatic carbocycles. The van der Waals surface area contributed by atoms with E-state index in [2.05, 4.69) is 20.8 Å². The first kappa shape index (κ1) is 20.6. The van der Waals surface area contributed by atoms with Crippen LogP contribution in [0.3, 0.4) is 0 Å². The lowest BCUT2D eigenvalue weighted by Crippen LogP contribution is -2.36. The number of hydrogen-bond acceptors (Lipinski definition) is 5.